The lowest BCUT2D eigenvalue weighted by molar-refractivity contribution is 0.613. The van der Waals surface area contributed by atoms with E-state index >= 15 is 0 Å². The zero-order valence-electron chi connectivity index (χ0n) is 15.0. The molecule has 3 aromatic rings. The van der Waals surface area contributed by atoms with Gasteiger partial charge in [0.2, 0.25) is 0 Å². The number of hydrogen-bond donors (Lipinski definition) is 2. The lowest BCUT2D eigenvalue weighted by atomic mass is 10.2. The SMILES string of the molecule is CCn1ccc(C(C)NC(=S)Nc2ccn(Cc3c(Cl)cccc3Cl)n2)n1. The van der Waals surface area contributed by atoms with Crippen molar-refractivity contribution in [2.45, 2.75) is 33.0 Å². The molecule has 142 valence electrons. The molecule has 0 aliphatic heterocycles. The fraction of sp³-hybridized carbons (Fsp3) is 0.278. The summed E-state index contributed by atoms with van der Waals surface area (Å²) in [6.45, 7) is 5.37. The van der Waals surface area contributed by atoms with E-state index in [1.54, 1.807) is 4.68 Å². The standard InChI is InChI=1S/C18H20Cl2N6S/c1-3-25-9-7-16(23-25)12(2)21-18(27)22-17-8-10-26(24-17)11-13-14(19)5-4-6-15(13)20/h4-10,12H,3,11H2,1-2H3,(H2,21,22,24,27). The molecule has 0 fully saturated rings. The first-order valence-electron chi connectivity index (χ1n) is 8.53. The second-order valence-electron chi connectivity index (χ2n) is 6.02. The molecule has 0 radical (unpaired) electrons. The van der Waals surface area contributed by atoms with Crippen LogP contribution in [0.5, 0.6) is 0 Å². The van der Waals surface area contributed by atoms with Crippen molar-refractivity contribution in [2.75, 3.05) is 5.32 Å². The first-order chi connectivity index (χ1) is 13.0. The third-order valence-electron chi connectivity index (χ3n) is 4.04. The Hall–Kier alpha value is -2.09. The number of thiocarbonyl (C=S) groups is 1. The summed E-state index contributed by atoms with van der Waals surface area (Å²) in [7, 11) is 0. The minimum atomic E-state index is -0.0122. The molecule has 9 heteroatoms. The van der Waals surface area contributed by atoms with Crippen molar-refractivity contribution >= 4 is 46.4 Å². The molecule has 2 aromatic heterocycles. The van der Waals surface area contributed by atoms with Gasteiger partial charge in [-0.15, -0.1) is 0 Å². The molecule has 0 saturated carbocycles. The van der Waals surface area contributed by atoms with E-state index in [1.165, 1.54) is 0 Å². The van der Waals surface area contributed by atoms with Crippen LogP contribution >= 0.6 is 35.4 Å². The Morgan fingerprint density at radius 2 is 1.81 bits per heavy atom. The van der Waals surface area contributed by atoms with Crippen LogP contribution in [-0.4, -0.2) is 24.7 Å². The summed E-state index contributed by atoms with van der Waals surface area (Å²) in [6.07, 6.45) is 3.79. The van der Waals surface area contributed by atoms with E-state index in [0.717, 1.165) is 17.8 Å². The Morgan fingerprint density at radius 1 is 1.11 bits per heavy atom. The number of aryl methyl sites for hydroxylation is 1. The Kier molecular flexibility index (Phi) is 6.36. The Bertz CT molecular complexity index is 915. The topological polar surface area (TPSA) is 59.7 Å². The maximum Gasteiger partial charge on any atom is 0.172 e. The van der Waals surface area contributed by atoms with Crippen molar-refractivity contribution in [3.05, 3.63) is 64.0 Å². The lowest BCUT2D eigenvalue weighted by Gasteiger charge is -2.14. The van der Waals surface area contributed by atoms with Crippen LogP contribution < -0.4 is 10.6 Å². The van der Waals surface area contributed by atoms with Crippen LogP contribution in [-0.2, 0) is 13.1 Å². The zero-order chi connectivity index (χ0) is 19.4. The van der Waals surface area contributed by atoms with Gasteiger partial charge in [0.15, 0.2) is 10.9 Å². The molecule has 2 heterocycles. The minimum Gasteiger partial charge on any atom is -0.354 e. The van der Waals surface area contributed by atoms with Gasteiger partial charge in [-0.25, -0.2) is 0 Å². The number of rotatable bonds is 6. The fourth-order valence-corrected chi connectivity index (χ4v) is 3.37. The van der Waals surface area contributed by atoms with E-state index in [4.69, 9.17) is 35.4 Å². The van der Waals surface area contributed by atoms with E-state index in [0.29, 0.717) is 27.5 Å². The van der Waals surface area contributed by atoms with Crippen LogP contribution in [0.25, 0.3) is 0 Å². The number of hydrogen-bond acceptors (Lipinski definition) is 3. The van der Waals surface area contributed by atoms with Crippen LogP contribution in [0.2, 0.25) is 10.0 Å². The van der Waals surface area contributed by atoms with E-state index in [9.17, 15) is 0 Å². The molecular formula is C18H20Cl2N6S. The zero-order valence-corrected chi connectivity index (χ0v) is 17.3. The van der Waals surface area contributed by atoms with Gasteiger partial charge in [0.25, 0.3) is 0 Å². The first kappa shape index (κ1) is 19.7. The molecule has 1 aromatic carbocycles. The maximum atomic E-state index is 6.22. The fourth-order valence-electron chi connectivity index (χ4n) is 2.57. The van der Waals surface area contributed by atoms with Crippen LogP contribution in [0.3, 0.4) is 0 Å². The minimum absolute atomic E-state index is 0.0122. The molecule has 0 aliphatic carbocycles. The van der Waals surface area contributed by atoms with Crippen molar-refractivity contribution in [1.82, 2.24) is 24.9 Å². The predicted octanol–water partition coefficient (Wildman–Crippen LogP) is 4.50. The van der Waals surface area contributed by atoms with E-state index in [2.05, 4.69) is 20.8 Å². The van der Waals surface area contributed by atoms with Crippen LogP contribution in [0.4, 0.5) is 5.82 Å². The second-order valence-corrected chi connectivity index (χ2v) is 7.24. The summed E-state index contributed by atoms with van der Waals surface area (Å²) in [5.41, 5.74) is 1.76. The molecule has 0 aliphatic rings. The summed E-state index contributed by atoms with van der Waals surface area (Å²) in [6, 6.07) is 9.25. The predicted molar refractivity (Wildman–Crippen MR) is 113 cm³/mol. The highest BCUT2D eigenvalue weighted by atomic mass is 35.5. The molecule has 1 unspecified atom stereocenters. The molecule has 3 rings (SSSR count). The quantitative estimate of drug-likeness (QED) is 0.572. The summed E-state index contributed by atoms with van der Waals surface area (Å²) < 4.78 is 3.63. The van der Waals surface area contributed by atoms with Gasteiger partial charge < -0.3 is 10.6 Å². The number of benzene rings is 1. The average molecular weight is 423 g/mol. The molecule has 0 bridgehead atoms. The average Bonchev–Trinajstić information content (AvgIpc) is 3.27. The van der Waals surface area contributed by atoms with Crippen molar-refractivity contribution in [3.8, 4) is 0 Å². The number of aromatic nitrogens is 4. The third-order valence-corrected chi connectivity index (χ3v) is 4.97. The highest BCUT2D eigenvalue weighted by molar-refractivity contribution is 7.80. The number of nitrogens with one attached hydrogen (secondary N) is 2. The maximum absolute atomic E-state index is 6.22. The van der Waals surface area contributed by atoms with Crippen molar-refractivity contribution in [1.29, 1.82) is 0 Å². The molecule has 1 atom stereocenters. The summed E-state index contributed by atoms with van der Waals surface area (Å²) in [4.78, 5) is 0. The van der Waals surface area contributed by atoms with Gasteiger partial charge in [-0.1, -0.05) is 29.3 Å². The highest BCUT2D eigenvalue weighted by Crippen LogP contribution is 2.25. The van der Waals surface area contributed by atoms with Gasteiger partial charge in [0.05, 0.1) is 18.3 Å². The monoisotopic (exact) mass is 422 g/mol. The second kappa shape index (κ2) is 8.73. The normalized spacial score (nSPS) is 12.0. The third kappa shape index (κ3) is 5.00. The summed E-state index contributed by atoms with van der Waals surface area (Å²) in [5, 5.41) is 17.0. The van der Waals surface area contributed by atoms with Crippen molar-refractivity contribution in [2.24, 2.45) is 0 Å². The van der Waals surface area contributed by atoms with Gasteiger partial charge in [-0.2, -0.15) is 10.2 Å². The summed E-state index contributed by atoms with van der Waals surface area (Å²) in [5.74, 6) is 0.641. The molecule has 2 N–H and O–H groups in total. The van der Waals surface area contributed by atoms with Gasteiger partial charge in [-0.3, -0.25) is 9.36 Å². The number of anilines is 1. The number of nitrogens with zero attached hydrogens (tertiary/aromatic N) is 4. The van der Waals surface area contributed by atoms with Gasteiger partial charge in [0.1, 0.15) is 0 Å². The molecular weight excluding hydrogens is 403 g/mol. The number of halogens is 2. The smallest absolute Gasteiger partial charge is 0.172 e. The lowest BCUT2D eigenvalue weighted by Crippen LogP contribution is -2.31. The molecule has 0 spiro atoms. The molecule has 27 heavy (non-hydrogen) atoms. The Balaban J connectivity index is 1.59. The Labute approximate surface area is 173 Å². The van der Waals surface area contributed by atoms with Crippen LogP contribution in [0.15, 0.2) is 42.7 Å². The molecule has 6 nitrogen and oxygen atoms in total. The van der Waals surface area contributed by atoms with E-state index < -0.39 is 0 Å². The Morgan fingerprint density at radius 3 is 2.48 bits per heavy atom. The highest BCUT2D eigenvalue weighted by Gasteiger charge is 2.12. The van der Waals surface area contributed by atoms with E-state index in [1.807, 2.05) is 61.3 Å². The van der Waals surface area contributed by atoms with Crippen LogP contribution in [0, 0.1) is 0 Å². The summed E-state index contributed by atoms with van der Waals surface area (Å²) >= 11 is 17.8. The molecule has 0 amide bonds. The van der Waals surface area contributed by atoms with Crippen molar-refractivity contribution < 1.29 is 0 Å². The van der Waals surface area contributed by atoms with Gasteiger partial charge in [-0.05, 0) is 44.3 Å². The van der Waals surface area contributed by atoms with E-state index in [-0.39, 0.29) is 6.04 Å². The van der Waals surface area contributed by atoms with Gasteiger partial charge >= 0.3 is 0 Å². The van der Waals surface area contributed by atoms with Gasteiger partial charge in [0, 0.05) is 40.6 Å². The largest absolute Gasteiger partial charge is 0.354 e. The first-order valence-corrected chi connectivity index (χ1v) is 9.70. The van der Waals surface area contributed by atoms with Crippen LogP contribution in [0.1, 0.15) is 31.1 Å². The molecule has 0 saturated heterocycles. The van der Waals surface area contributed by atoms with Crippen molar-refractivity contribution in [3.63, 3.8) is 0 Å².